The summed E-state index contributed by atoms with van der Waals surface area (Å²) >= 11 is 0. The number of allylic oxidation sites excluding steroid dienone is 2. The van der Waals surface area contributed by atoms with Crippen LogP contribution < -0.4 is 0 Å². The van der Waals surface area contributed by atoms with Crippen LogP contribution in [0.3, 0.4) is 0 Å². The summed E-state index contributed by atoms with van der Waals surface area (Å²) in [4.78, 5) is 4.35. The standard InChI is InChI=1S/C21H24N2Si.C13H13B/c1-2-3-10-17-24-21(23-16-15-22-18-23,19-11-6-4-7-12-19)20-13-8-5-9-14-20;14-13(11-7-3-1-4-8-11)12-9-5-2-6-10-12/h2-9,11-16,18H,10,17,24H2,1H3;1-10,13H,14H2. The molecule has 0 saturated carbocycles. The van der Waals surface area contributed by atoms with E-state index in [1.165, 1.54) is 28.3 Å². The van der Waals surface area contributed by atoms with E-state index in [9.17, 15) is 0 Å². The highest BCUT2D eigenvalue weighted by Crippen LogP contribution is 2.34. The van der Waals surface area contributed by atoms with Gasteiger partial charge < -0.3 is 4.57 Å². The quantitative estimate of drug-likeness (QED) is 0.124. The van der Waals surface area contributed by atoms with Crippen LogP contribution in [-0.2, 0) is 5.16 Å². The Morgan fingerprint density at radius 3 is 1.66 bits per heavy atom. The first-order valence-corrected chi connectivity index (χ1v) is 15.3. The Morgan fingerprint density at radius 1 is 0.763 bits per heavy atom. The van der Waals surface area contributed by atoms with Gasteiger partial charge in [-0.05, 0) is 41.4 Å². The van der Waals surface area contributed by atoms with Gasteiger partial charge in [0.25, 0.3) is 0 Å². The van der Waals surface area contributed by atoms with E-state index in [1.807, 2.05) is 12.5 Å². The molecule has 0 aliphatic heterocycles. The van der Waals surface area contributed by atoms with E-state index in [0.29, 0.717) is 5.82 Å². The maximum absolute atomic E-state index is 4.35. The zero-order valence-electron chi connectivity index (χ0n) is 22.5. The summed E-state index contributed by atoms with van der Waals surface area (Å²) in [6, 6.07) is 44.2. The molecule has 4 aromatic carbocycles. The molecule has 0 radical (unpaired) electrons. The van der Waals surface area contributed by atoms with Crippen molar-refractivity contribution in [2.75, 3.05) is 0 Å². The predicted molar refractivity (Wildman–Crippen MR) is 167 cm³/mol. The smallest absolute Gasteiger partial charge is 0.116 e. The van der Waals surface area contributed by atoms with Gasteiger partial charge in [0, 0.05) is 12.4 Å². The van der Waals surface area contributed by atoms with Gasteiger partial charge in [0.1, 0.15) is 7.85 Å². The Balaban J connectivity index is 0.000000204. The summed E-state index contributed by atoms with van der Waals surface area (Å²) in [6.45, 7) is 2.10. The Bertz CT molecular complexity index is 1260. The average Bonchev–Trinajstić information content (AvgIpc) is 3.55. The molecular formula is C34H37BN2Si. The normalized spacial score (nSPS) is 11.6. The summed E-state index contributed by atoms with van der Waals surface area (Å²) in [5.74, 6) is 0.484. The summed E-state index contributed by atoms with van der Waals surface area (Å²) in [7, 11) is 1.75. The van der Waals surface area contributed by atoms with Crippen LogP contribution in [0.25, 0.3) is 0 Å². The molecule has 0 amide bonds. The Kier molecular flexibility index (Phi) is 10.1. The SMILES string of the molecule is BC(c1ccccc1)c1ccccc1.CC=CCC[SiH2]C(c1ccccc1)(c1ccccc1)n1ccnc1. The largest absolute Gasteiger partial charge is 0.327 e. The molecule has 0 unspecified atom stereocenters. The number of aromatic nitrogens is 2. The minimum Gasteiger partial charge on any atom is -0.327 e. The van der Waals surface area contributed by atoms with Crippen LogP contribution in [-0.4, -0.2) is 26.9 Å². The van der Waals surface area contributed by atoms with Gasteiger partial charge in [0.05, 0.1) is 21.0 Å². The highest BCUT2D eigenvalue weighted by Gasteiger charge is 2.35. The third-order valence-corrected chi connectivity index (χ3v) is 9.86. The number of hydrogen-bond acceptors (Lipinski definition) is 1. The number of hydrogen-bond donors (Lipinski definition) is 0. The van der Waals surface area contributed by atoms with E-state index >= 15 is 0 Å². The Morgan fingerprint density at radius 2 is 1.24 bits per heavy atom. The molecule has 1 aromatic heterocycles. The summed E-state index contributed by atoms with van der Waals surface area (Å²) in [5, 5.41) is -0.0827. The second kappa shape index (κ2) is 14.2. The molecule has 5 aromatic rings. The lowest BCUT2D eigenvalue weighted by Gasteiger charge is -2.36. The van der Waals surface area contributed by atoms with Crippen molar-refractivity contribution in [2.45, 2.75) is 30.4 Å². The molecule has 38 heavy (non-hydrogen) atoms. The van der Waals surface area contributed by atoms with Gasteiger partial charge >= 0.3 is 0 Å². The second-order valence-electron chi connectivity index (χ2n) is 9.57. The van der Waals surface area contributed by atoms with Gasteiger partial charge in [0.15, 0.2) is 0 Å². The zero-order valence-corrected chi connectivity index (χ0v) is 23.9. The van der Waals surface area contributed by atoms with Crippen molar-refractivity contribution < 1.29 is 0 Å². The molecule has 4 heteroatoms. The van der Waals surface area contributed by atoms with Gasteiger partial charge in [0.2, 0.25) is 0 Å². The molecule has 5 rings (SSSR count). The molecule has 1 heterocycles. The van der Waals surface area contributed by atoms with Gasteiger partial charge in [-0.25, -0.2) is 4.98 Å². The first-order valence-electron chi connectivity index (χ1n) is 13.6. The molecule has 2 nitrogen and oxygen atoms in total. The molecule has 190 valence electrons. The van der Waals surface area contributed by atoms with Crippen molar-refractivity contribution in [1.29, 1.82) is 0 Å². The molecule has 0 bridgehead atoms. The van der Waals surface area contributed by atoms with Crippen molar-refractivity contribution in [3.8, 4) is 0 Å². The van der Waals surface area contributed by atoms with Gasteiger partial charge in [-0.15, -0.1) is 0 Å². The van der Waals surface area contributed by atoms with Crippen molar-refractivity contribution in [2.24, 2.45) is 0 Å². The lowest BCUT2D eigenvalue weighted by atomic mass is 9.76. The van der Waals surface area contributed by atoms with Gasteiger partial charge in [-0.2, -0.15) is 0 Å². The number of benzene rings is 4. The molecule has 0 spiro atoms. The van der Waals surface area contributed by atoms with E-state index in [4.69, 9.17) is 0 Å². The van der Waals surface area contributed by atoms with Crippen molar-refractivity contribution in [1.82, 2.24) is 9.55 Å². The monoisotopic (exact) mass is 512 g/mol. The number of rotatable bonds is 9. The fourth-order valence-corrected chi connectivity index (χ4v) is 7.56. The van der Waals surface area contributed by atoms with E-state index < -0.39 is 9.52 Å². The van der Waals surface area contributed by atoms with Gasteiger partial charge in [-0.1, -0.05) is 140 Å². The minimum atomic E-state index is -0.496. The molecule has 0 atom stereocenters. The third kappa shape index (κ3) is 6.70. The third-order valence-electron chi connectivity index (χ3n) is 7.19. The minimum absolute atomic E-state index is 0.0827. The van der Waals surface area contributed by atoms with Crippen LogP contribution in [0.4, 0.5) is 0 Å². The maximum atomic E-state index is 4.35. The Hall–Kier alpha value is -3.89. The van der Waals surface area contributed by atoms with E-state index in [0.717, 1.165) is 6.42 Å². The first-order chi connectivity index (χ1) is 18.8. The van der Waals surface area contributed by atoms with Crippen molar-refractivity contribution >= 4 is 17.4 Å². The van der Waals surface area contributed by atoms with E-state index in [-0.39, 0.29) is 5.16 Å². The lowest BCUT2D eigenvalue weighted by molar-refractivity contribution is 0.590. The second-order valence-corrected chi connectivity index (χ2v) is 11.8. The molecular weight excluding hydrogens is 475 g/mol. The van der Waals surface area contributed by atoms with Crippen LogP contribution in [0.1, 0.15) is 41.4 Å². The maximum Gasteiger partial charge on any atom is 0.116 e. The van der Waals surface area contributed by atoms with Crippen LogP contribution in [0.15, 0.2) is 152 Å². The van der Waals surface area contributed by atoms with Crippen molar-refractivity contribution in [3.63, 3.8) is 0 Å². The predicted octanol–water partition coefficient (Wildman–Crippen LogP) is 6.59. The summed E-state index contributed by atoms with van der Waals surface area (Å²) in [6.07, 6.45) is 11.6. The average molecular weight is 513 g/mol. The highest BCUT2D eigenvalue weighted by atomic mass is 28.2. The molecule has 0 N–H and O–H groups in total. The van der Waals surface area contributed by atoms with Crippen LogP contribution in [0.2, 0.25) is 6.04 Å². The number of nitrogens with zero attached hydrogens (tertiary/aromatic N) is 2. The topological polar surface area (TPSA) is 17.8 Å². The highest BCUT2D eigenvalue weighted by molar-refractivity contribution is 6.41. The molecule has 0 aliphatic carbocycles. The Labute approximate surface area is 231 Å². The lowest BCUT2D eigenvalue weighted by Crippen LogP contribution is -2.41. The van der Waals surface area contributed by atoms with Crippen LogP contribution in [0, 0.1) is 0 Å². The van der Waals surface area contributed by atoms with E-state index in [2.05, 4.69) is 164 Å². The summed E-state index contributed by atoms with van der Waals surface area (Å²) < 4.78 is 2.32. The fourth-order valence-electron chi connectivity index (χ4n) is 5.11. The summed E-state index contributed by atoms with van der Waals surface area (Å²) in [5.41, 5.74) is 5.47. The molecule has 0 saturated heterocycles. The van der Waals surface area contributed by atoms with Crippen molar-refractivity contribution in [3.05, 3.63) is 174 Å². The number of imidazole rings is 1. The first kappa shape index (κ1) is 27.2. The zero-order chi connectivity index (χ0) is 26.5. The van der Waals surface area contributed by atoms with Gasteiger partial charge in [-0.3, -0.25) is 0 Å². The van der Waals surface area contributed by atoms with Crippen LogP contribution in [0.5, 0.6) is 0 Å². The van der Waals surface area contributed by atoms with Crippen LogP contribution >= 0.6 is 0 Å². The fraction of sp³-hybridized carbons (Fsp3) is 0.147. The molecule has 0 fully saturated rings. The molecule has 0 aliphatic rings. The van der Waals surface area contributed by atoms with E-state index in [1.54, 1.807) is 0 Å².